The zero-order valence-electron chi connectivity index (χ0n) is 22.3. The molecular weight excluding hydrogens is 655 g/mol. The van der Waals surface area contributed by atoms with E-state index in [2.05, 4.69) is 26.6 Å². The Kier molecular flexibility index (Phi) is 8.07. The summed E-state index contributed by atoms with van der Waals surface area (Å²) in [5.41, 5.74) is -0.0183. The second kappa shape index (κ2) is 11.1. The number of hydrogen-bond acceptors (Lipinski definition) is 5. The van der Waals surface area contributed by atoms with Crippen LogP contribution in [-0.4, -0.2) is 31.5 Å². The number of ether oxygens (including phenoxy) is 2. The Hall–Kier alpha value is -2.78. The van der Waals surface area contributed by atoms with Crippen LogP contribution in [0.2, 0.25) is 15.1 Å². The van der Waals surface area contributed by atoms with Crippen LogP contribution in [0.3, 0.4) is 0 Å². The van der Waals surface area contributed by atoms with Gasteiger partial charge in [0.15, 0.2) is 0 Å². The number of anilines is 1. The molecule has 1 fully saturated rings. The van der Waals surface area contributed by atoms with E-state index in [0.717, 1.165) is 4.47 Å². The molecule has 2 heterocycles. The molecule has 214 valence electrons. The fourth-order valence-corrected chi connectivity index (χ4v) is 6.73. The van der Waals surface area contributed by atoms with Crippen LogP contribution in [0.15, 0.2) is 59.1 Å². The minimum atomic E-state index is -1.36. The van der Waals surface area contributed by atoms with E-state index in [9.17, 15) is 14.4 Å². The van der Waals surface area contributed by atoms with E-state index in [0.29, 0.717) is 43.2 Å². The summed E-state index contributed by atoms with van der Waals surface area (Å²) in [5, 5.41) is 7.24. The Bertz CT molecular complexity index is 1580. The lowest BCUT2D eigenvalue weighted by atomic mass is 9.59. The van der Waals surface area contributed by atoms with E-state index < -0.39 is 28.8 Å². The van der Waals surface area contributed by atoms with Crippen LogP contribution in [0.1, 0.15) is 48.9 Å². The van der Waals surface area contributed by atoms with Gasteiger partial charge in [-0.1, -0.05) is 56.8 Å². The molecule has 0 saturated carbocycles. The van der Waals surface area contributed by atoms with Crippen molar-refractivity contribution >= 4 is 74.2 Å². The monoisotopic (exact) mass is 678 g/mol. The minimum Gasteiger partial charge on any atom is -0.492 e. The number of nitrogens with one attached hydrogen (secondary N) is 2. The maximum atomic E-state index is 14.3. The summed E-state index contributed by atoms with van der Waals surface area (Å²) < 4.78 is 11.9. The number of benzene rings is 3. The van der Waals surface area contributed by atoms with Crippen molar-refractivity contribution in [2.45, 2.75) is 37.6 Å². The summed E-state index contributed by atoms with van der Waals surface area (Å²) in [6.45, 7) is 3.44. The van der Waals surface area contributed by atoms with Crippen molar-refractivity contribution in [1.29, 1.82) is 0 Å². The third-order valence-corrected chi connectivity index (χ3v) is 9.00. The molecule has 0 aliphatic carbocycles. The lowest BCUT2D eigenvalue weighted by Crippen LogP contribution is -2.57. The Morgan fingerprint density at radius 3 is 2.46 bits per heavy atom. The van der Waals surface area contributed by atoms with Gasteiger partial charge in [-0.3, -0.25) is 14.4 Å². The Morgan fingerprint density at radius 1 is 1.02 bits per heavy atom. The first-order chi connectivity index (χ1) is 19.4. The topological polar surface area (TPSA) is 93.7 Å². The molecule has 3 aromatic rings. The number of fused-ring (bicyclic) bond motifs is 2. The quantitative estimate of drug-likeness (QED) is 0.268. The van der Waals surface area contributed by atoms with Crippen molar-refractivity contribution in [1.82, 2.24) is 5.32 Å². The Balaban J connectivity index is 1.75. The third-order valence-electron chi connectivity index (χ3n) is 7.69. The van der Waals surface area contributed by atoms with Gasteiger partial charge in [-0.15, -0.1) is 0 Å². The maximum Gasteiger partial charge on any atom is 0.314 e. The second-order valence-electron chi connectivity index (χ2n) is 10.8. The van der Waals surface area contributed by atoms with Gasteiger partial charge in [0.25, 0.3) is 0 Å². The summed E-state index contributed by atoms with van der Waals surface area (Å²) in [6, 6.07) is 14.6. The minimum absolute atomic E-state index is 0.00215. The largest absolute Gasteiger partial charge is 0.492 e. The third kappa shape index (κ3) is 5.20. The molecule has 0 radical (unpaired) electrons. The van der Waals surface area contributed by atoms with Gasteiger partial charge >= 0.3 is 5.97 Å². The first-order valence-electron chi connectivity index (χ1n) is 12.7. The molecule has 2 aliphatic heterocycles. The van der Waals surface area contributed by atoms with Crippen molar-refractivity contribution in [3.63, 3.8) is 0 Å². The van der Waals surface area contributed by atoms with Crippen LogP contribution in [-0.2, 0) is 24.5 Å². The number of halogens is 4. The van der Waals surface area contributed by atoms with E-state index in [1.165, 1.54) is 7.11 Å². The molecule has 1 spiro atoms. The number of methoxy groups -OCH3 is 1. The predicted molar refractivity (Wildman–Crippen MR) is 162 cm³/mol. The average Bonchev–Trinajstić information content (AvgIpc) is 3.20. The van der Waals surface area contributed by atoms with Crippen molar-refractivity contribution < 1.29 is 23.9 Å². The number of amides is 2. The van der Waals surface area contributed by atoms with Crippen LogP contribution in [0.5, 0.6) is 5.75 Å². The van der Waals surface area contributed by atoms with Crippen LogP contribution < -0.4 is 15.4 Å². The van der Waals surface area contributed by atoms with Crippen molar-refractivity contribution in [2.24, 2.45) is 5.41 Å². The number of carbonyl (C=O) groups is 3. The van der Waals surface area contributed by atoms with Gasteiger partial charge in [0, 0.05) is 43.1 Å². The molecule has 0 unspecified atom stereocenters. The summed E-state index contributed by atoms with van der Waals surface area (Å²) in [5.74, 6) is -1.33. The Morgan fingerprint density at radius 2 is 1.73 bits per heavy atom. The summed E-state index contributed by atoms with van der Waals surface area (Å²) in [6.07, 6.45) is -0.0304. The zero-order valence-corrected chi connectivity index (χ0v) is 26.2. The summed E-state index contributed by atoms with van der Waals surface area (Å²) in [7, 11) is 1.32. The lowest BCUT2D eigenvalue weighted by molar-refractivity contribution is -0.152. The van der Waals surface area contributed by atoms with Crippen LogP contribution in [0.4, 0.5) is 5.69 Å². The number of esters is 1. The second-order valence-corrected chi connectivity index (χ2v) is 13.0. The molecule has 7 nitrogen and oxygen atoms in total. The maximum absolute atomic E-state index is 14.3. The van der Waals surface area contributed by atoms with E-state index in [1.54, 1.807) is 62.4 Å². The standard InChI is InChI=1S/C30H26BrCl3N2O5/c1-29(2,28(39)40-3)14-41-24-9-4-15(31)10-18(24)21-13-25(37)36-26(19-11-16(32)6-8-22(19)34)30(21)20-7-5-17(33)12-23(20)35-27(30)38/h4-12,21,26H,13-14H2,1-3H3,(H,35,38)(H,36,37)/t21-,26+,30-/m1/s1. The highest BCUT2D eigenvalue weighted by Gasteiger charge is 2.62. The van der Waals surface area contributed by atoms with Crippen molar-refractivity contribution in [3.05, 3.63) is 90.8 Å². The van der Waals surface area contributed by atoms with Crippen LogP contribution in [0, 0.1) is 5.41 Å². The number of hydrogen-bond donors (Lipinski definition) is 2. The smallest absolute Gasteiger partial charge is 0.314 e. The molecule has 2 aliphatic rings. The van der Waals surface area contributed by atoms with Gasteiger partial charge in [0.05, 0.1) is 18.6 Å². The van der Waals surface area contributed by atoms with E-state index >= 15 is 0 Å². The van der Waals surface area contributed by atoms with Gasteiger partial charge < -0.3 is 20.1 Å². The first kappa shape index (κ1) is 29.7. The van der Waals surface area contributed by atoms with Crippen LogP contribution >= 0.6 is 50.7 Å². The fourth-order valence-electron chi connectivity index (χ4n) is 5.77. The number of rotatable bonds is 6. The highest BCUT2D eigenvalue weighted by atomic mass is 79.9. The average molecular weight is 681 g/mol. The number of carbonyl (C=O) groups excluding carboxylic acids is 3. The van der Waals surface area contributed by atoms with Crippen molar-refractivity contribution in [3.8, 4) is 5.75 Å². The van der Waals surface area contributed by atoms with E-state index in [4.69, 9.17) is 44.3 Å². The normalized spacial score (nSPS) is 21.7. The van der Waals surface area contributed by atoms with Crippen LogP contribution in [0.25, 0.3) is 0 Å². The van der Waals surface area contributed by atoms with Gasteiger partial charge in [0.1, 0.15) is 17.8 Å². The number of piperidine rings is 1. The lowest BCUT2D eigenvalue weighted by Gasteiger charge is -2.47. The SMILES string of the molecule is COC(=O)C(C)(C)COc1ccc(Br)cc1[C@H]1CC(=O)N[C@@H](c2cc(Cl)ccc2Cl)[C@]12C(=O)Nc1cc(Cl)ccc12. The zero-order chi connectivity index (χ0) is 29.7. The van der Waals surface area contributed by atoms with E-state index in [-0.39, 0.29) is 24.8 Å². The first-order valence-corrected chi connectivity index (χ1v) is 14.7. The van der Waals surface area contributed by atoms with Gasteiger partial charge in [-0.25, -0.2) is 0 Å². The predicted octanol–water partition coefficient (Wildman–Crippen LogP) is 7.22. The molecule has 3 atom stereocenters. The Labute approximate surface area is 261 Å². The highest BCUT2D eigenvalue weighted by Crippen LogP contribution is 2.59. The molecule has 5 rings (SSSR count). The van der Waals surface area contributed by atoms with Gasteiger partial charge in [-0.2, -0.15) is 0 Å². The van der Waals surface area contributed by atoms with Gasteiger partial charge in [0.2, 0.25) is 11.8 Å². The molecule has 3 aromatic carbocycles. The molecule has 0 aromatic heterocycles. The van der Waals surface area contributed by atoms with Gasteiger partial charge in [-0.05, 0) is 73.5 Å². The molecule has 11 heteroatoms. The highest BCUT2D eigenvalue weighted by molar-refractivity contribution is 9.10. The van der Waals surface area contributed by atoms with E-state index in [1.807, 2.05) is 6.07 Å². The molecule has 41 heavy (non-hydrogen) atoms. The molecular formula is C30H26BrCl3N2O5. The fraction of sp³-hybridized carbons (Fsp3) is 0.300. The molecule has 1 saturated heterocycles. The summed E-state index contributed by atoms with van der Waals surface area (Å²) >= 11 is 23.0. The molecule has 2 amide bonds. The molecule has 2 N–H and O–H groups in total. The molecule has 0 bridgehead atoms. The van der Waals surface area contributed by atoms with Crippen molar-refractivity contribution in [2.75, 3.05) is 19.0 Å². The summed E-state index contributed by atoms with van der Waals surface area (Å²) in [4.78, 5) is 40.1.